The fourth-order valence-corrected chi connectivity index (χ4v) is 1.97. The third-order valence-corrected chi connectivity index (χ3v) is 3.49. The minimum absolute atomic E-state index is 0.0580. The van der Waals surface area contributed by atoms with Gasteiger partial charge < -0.3 is 0 Å². The summed E-state index contributed by atoms with van der Waals surface area (Å²) >= 11 is 3.41. The molecule has 0 amide bonds. The van der Waals surface area contributed by atoms with Gasteiger partial charge in [-0.2, -0.15) is 0 Å². The first-order chi connectivity index (χ1) is 7.02. The van der Waals surface area contributed by atoms with E-state index in [-0.39, 0.29) is 10.6 Å². The van der Waals surface area contributed by atoms with Crippen LogP contribution in [0, 0.1) is 0 Å². The van der Waals surface area contributed by atoms with Crippen LogP contribution in [0.15, 0.2) is 24.3 Å². The molecule has 0 aliphatic carbocycles. The number of carbonyl (C=O) groups is 1. The van der Waals surface area contributed by atoms with E-state index in [0.717, 1.165) is 6.42 Å². The molecule has 0 fully saturated rings. The summed E-state index contributed by atoms with van der Waals surface area (Å²) in [7, 11) is 0. The van der Waals surface area contributed by atoms with Crippen molar-refractivity contribution in [2.75, 3.05) is 0 Å². The minimum atomic E-state index is -0.0580. The molecule has 1 rings (SSSR count). The summed E-state index contributed by atoms with van der Waals surface area (Å²) < 4.78 is 0. The molecule has 15 heavy (non-hydrogen) atoms. The second-order valence-corrected chi connectivity index (χ2v) is 5.24. The van der Waals surface area contributed by atoms with Crippen LogP contribution in [-0.2, 0) is 11.2 Å². The lowest BCUT2D eigenvalue weighted by atomic mass is 9.94. The molecule has 1 aromatic carbocycles. The Hall–Kier alpha value is -0.630. The molecule has 0 aromatic heterocycles. The lowest BCUT2D eigenvalue weighted by Gasteiger charge is -2.14. The summed E-state index contributed by atoms with van der Waals surface area (Å²) in [6, 6.07) is 8.32. The maximum absolute atomic E-state index is 11.2. The molecule has 1 nitrogen and oxygen atoms in total. The van der Waals surface area contributed by atoms with Gasteiger partial charge in [0.2, 0.25) is 0 Å². The van der Waals surface area contributed by atoms with Crippen LogP contribution in [0.1, 0.15) is 37.8 Å². The van der Waals surface area contributed by atoms with E-state index in [2.05, 4.69) is 48.0 Å². The van der Waals surface area contributed by atoms with Crippen LogP contribution in [0.2, 0.25) is 0 Å². The SMILES string of the molecule is CC(=O)C(Br)Cc1ccccc1C(C)C. The zero-order valence-corrected chi connectivity index (χ0v) is 11.0. The molecule has 1 aromatic rings. The third kappa shape index (κ3) is 3.45. The third-order valence-electron chi connectivity index (χ3n) is 2.52. The van der Waals surface area contributed by atoms with E-state index < -0.39 is 0 Å². The second kappa shape index (κ2) is 5.45. The first kappa shape index (κ1) is 12.4. The standard InChI is InChI=1S/C13H17BrO/c1-9(2)12-7-5-4-6-11(12)8-13(14)10(3)15/h4-7,9,13H,8H2,1-3H3. The molecule has 0 saturated carbocycles. The topological polar surface area (TPSA) is 17.1 Å². The highest BCUT2D eigenvalue weighted by molar-refractivity contribution is 9.10. The normalized spacial score (nSPS) is 12.9. The molecule has 0 spiro atoms. The van der Waals surface area contributed by atoms with Crippen molar-refractivity contribution in [1.82, 2.24) is 0 Å². The monoisotopic (exact) mass is 268 g/mol. The highest BCUT2D eigenvalue weighted by Gasteiger charge is 2.13. The summed E-state index contributed by atoms with van der Waals surface area (Å²) in [5, 5.41) is 0. The van der Waals surface area contributed by atoms with Gasteiger partial charge in [0.25, 0.3) is 0 Å². The summed E-state index contributed by atoms with van der Waals surface area (Å²) in [6.07, 6.45) is 0.781. The van der Waals surface area contributed by atoms with Crippen molar-refractivity contribution < 1.29 is 4.79 Å². The van der Waals surface area contributed by atoms with E-state index in [1.807, 2.05) is 6.07 Å². The lowest BCUT2D eigenvalue weighted by molar-refractivity contribution is -0.116. The van der Waals surface area contributed by atoms with E-state index in [0.29, 0.717) is 5.92 Å². The van der Waals surface area contributed by atoms with Gasteiger partial charge in [-0.25, -0.2) is 0 Å². The van der Waals surface area contributed by atoms with Gasteiger partial charge in [0.15, 0.2) is 0 Å². The quantitative estimate of drug-likeness (QED) is 0.761. The van der Waals surface area contributed by atoms with Gasteiger partial charge in [-0.15, -0.1) is 0 Å². The number of halogens is 1. The Labute approximate surface area is 100 Å². The van der Waals surface area contributed by atoms with Crippen LogP contribution in [0.5, 0.6) is 0 Å². The van der Waals surface area contributed by atoms with Gasteiger partial charge >= 0.3 is 0 Å². The number of rotatable bonds is 4. The Morgan fingerprint density at radius 2 is 1.93 bits per heavy atom. The van der Waals surface area contributed by atoms with Crippen molar-refractivity contribution in [3.8, 4) is 0 Å². The molecule has 2 heteroatoms. The zero-order chi connectivity index (χ0) is 11.4. The molecule has 1 atom stereocenters. The van der Waals surface area contributed by atoms with Crippen molar-refractivity contribution in [3.63, 3.8) is 0 Å². The molecule has 0 bridgehead atoms. The number of benzene rings is 1. The first-order valence-corrected chi connectivity index (χ1v) is 6.16. The number of hydrogen-bond donors (Lipinski definition) is 0. The summed E-state index contributed by atoms with van der Waals surface area (Å²) in [6.45, 7) is 5.98. The molecule has 0 heterocycles. The average molecular weight is 269 g/mol. The maximum atomic E-state index is 11.2. The van der Waals surface area contributed by atoms with Crippen molar-refractivity contribution in [1.29, 1.82) is 0 Å². The van der Waals surface area contributed by atoms with Crippen LogP contribution in [0.4, 0.5) is 0 Å². The Bertz CT molecular complexity index is 344. The molecule has 0 saturated heterocycles. The van der Waals surface area contributed by atoms with Crippen LogP contribution in [0.3, 0.4) is 0 Å². The average Bonchev–Trinajstić information content (AvgIpc) is 2.18. The number of Topliss-reactive ketones (excluding diaryl/α,β-unsaturated/α-hetero) is 1. The summed E-state index contributed by atoms with van der Waals surface area (Å²) in [5.41, 5.74) is 2.60. The van der Waals surface area contributed by atoms with Gasteiger partial charge in [0.05, 0.1) is 4.83 Å². The van der Waals surface area contributed by atoms with Crippen molar-refractivity contribution in [2.24, 2.45) is 0 Å². The molecule has 1 unspecified atom stereocenters. The van der Waals surface area contributed by atoms with Gasteiger partial charge in [-0.05, 0) is 30.4 Å². The smallest absolute Gasteiger partial charge is 0.143 e. The molecular weight excluding hydrogens is 252 g/mol. The largest absolute Gasteiger partial charge is 0.299 e. The van der Waals surface area contributed by atoms with Gasteiger partial charge in [0.1, 0.15) is 5.78 Å². The first-order valence-electron chi connectivity index (χ1n) is 5.24. The van der Waals surface area contributed by atoms with E-state index >= 15 is 0 Å². The highest BCUT2D eigenvalue weighted by Crippen LogP contribution is 2.22. The molecule has 0 aliphatic rings. The summed E-state index contributed by atoms with van der Waals surface area (Å²) in [5.74, 6) is 0.696. The molecular formula is C13H17BrO. The Balaban J connectivity index is 2.89. The number of ketones is 1. The van der Waals surface area contributed by atoms with Crippen molar-refractivity contribution in [3.05, 3.63) is 35.4 Å². The second-order valence-electron chi connectivity index (χ2n) is 4.14. The van der Waals surface area contributed by atoms with Gasteiger partial charge in [-0.1, -0.05) is 54.0 Å². The minimum Gasteiger partial charge on any atom is -0.299 e. The van der Waals surface area contributed by atoms with Crippen LogP contribution >= 0.6 is 15.9 Å². The van der Waals surface area contributed by atoms with Crippen LogP contribution in [-0.4, -0.2) is 10.6 Å². The van der Waals surface area contributed by atoms with Crippen molar-refractivity contribution >= 4 is 21.7 Å². The number of carbonyl (C=O) groups excluding carboxylic acids is 1. The van der Waals surface area contributed by atoms with Crippen molar-refractivity contribution in [2.45, 2.75) is 37.9 Å². The van der Waals surface area contributed by atoms with Gasteiger partial charge in [0, 0.05) is 0 Å². The molecule has 0 N–H and O–H groups in total. The maximum Gasteiger partial charge on any atom is 0.143 e. The molecule has 82 valence electrons. The predicted molar refractivity (Wildman–Crippen MR) is 67.6 cm³/mol. The lowest BCUT2D eigenvalue weighted by Crippen LogP contribution is -2.14. The Kier molecular flexibility index (Phi) is 4.52. The van der Waals surface area contributed by atoms with E-state index in [1.165, 1.54) is 11.1 Å². The van der Waals surface area contributed by atoms with E-state index in [9.17, 15) is 4.79 Å². The van der Waals surface area contributed by atoms with Gasteiger partial charge in [-0.3, -0.25) is 4.79 Å². The number of hydrogen-bond acceptors (Lipinski definition) is 1. The number of alkyl halides is 1. The molecule has 0 radical (unpaired) electrons. The van der Waals surface area contributed by atoms with Crippen LogP contribution < -0.4 is 0 Å². The fraction of sp³-hybridized carbons (Fsp3) is 0.462. The van der Waals surface area contributed by atoms with Crippen LogP contribution in [0.25, 0.3) is 0 Å². The van der Waals surface area contributed by atoms with E-state index in [1.54, 1.807) is 6.92 Å². The van der Waals surface area contributed by atoms with E-state index in [4.69, 9.17) is 0 Å². The highest BCUT2D eigenvalue weighted by atomic mass is 79.9. The zero-order valence-electron chi connectivity index (χ0n) is 9.46. The fourth-order valence-electron chi connectivity index (χ4n) is 1.62. The predicted octanol–water partition coefficient (Wildman–Crippen LogP) is 3.71. The Morgan fingerprint density at radius 3 is 2.47 bits per heavy atom. The summed E-state index contributed by atoms with van der Waals surface area (Å²) in [4.78, 5) is 11.1. The molecule has 0 aliphatic heterocycles. The Morgan fingerprint density at radius 1 is 1.33 bits per heavy atom.